The Morgan fingerprint density at radius 2 is 1.02 bits per heavy atom. The van der Waals surface area contributed by atoms with E-state index in [1.165, 1.54) is 84.6 Å². The number of likely N-dealkylation sites (N-methyl/N-ethyl adjacent to an activating group) is 1. The van der Waals surface area contributed by atoms with Crippen molar-refractivity contribution < 1.29 is 47.2 Å². The molecule has 0 amide bonds. The predicted octanol–water partition coefficient (Wildman–Crippen LogP) is 18.9. The lowest BCUT2D eigenvalue weighted by Gasteiger charge is -2.33. The van der Waals surface area contributed by atoms with E-state index >= 15 is 0 Å². The van der Waals surface area contributed by atoms with Crippen molar-refractivity contribution in [1.82, 2.24) is 4.78 Å². The fourth-order valence-electron chi connectivity index (χ4n) is 12.1. The Morgan fingerprint density at radius 1 is 0.545 bits per heavy atom. The van der Waals surface area contributed by atoms with E-state index in [4.69, 9.17) is 49.3 Å². The Hall–Kier alpha value is -9.93. The third-order valence-electron chi connectivity index (χ3n) is 17.8. The lowest BCUT2D eigenvalue weighted by atomic mass is 9.70. The summed E-state index contributed by atoms with van der Waals surface area (Å²) in [5.41, 5.74) is 12.5. The SMILES string of the molecule is CCCCN(CCCC)c1ccc(C#Cc2ccc3c(c2)C(CCCC)(CCCC)c2cc(C#Cc4ccc(N(CC)CCOc5ccc(OP(=S)(Oc6ccc(OCCCOc7cc([N+](=O)[O-])c(COC(C)=O)cc7OC)cc6)N(C)/N=C/c6ccc(OC)cc6)cc5)cc4)ccc2-3)cc1. The summed E-state index contributed by atoms with van der Waals surface area (Å²) < 4.78 is 48.5. The van der Waals surface area contributed by atoms with Gasteiger partial charge in [-0.2, -0.15) is 5.10 Å². The molecule has 1 aliphatic carbocycles. The number of nitro benzene ring substituents is 1. The molecule has 0 bridgehead atoms. The smallest absolute Gasteiger partial charge is 0.410 e. The molecule has 0 aliphatic heterocycles. The fourth-order valence-corrected chi connectivity index (χ4v) is 14.0. The number of methoxy groups -OCH3 is 2. The van der Waals surface area contributed by atoms with Crippen LogP contribution in [-0.2, 0) is 33.4 Å². The van der Waals surface area contributed by atoms with Gasteiger partial charge in [0.1, 0.15) is 42.0 Å². The van der Waals surface area contributed by atoms with Gasteiger partial charge in [0.25, 0.3) is 5.69 Å². The number of rotatable bonds is 37. The number of ether oxygens (including phenoxy) is 6. The summed E-state index contributed by atoms with van der Waals surface area (Å²) in [6.07, 6.45) is 13.6. The van der Waals surface area contributed by atoms with Crippen molar-refractivity contribution in [3.8, 4) is 75.1 Å². The van der Waals surface area contributed by atoms with Crippen molar-refractivity contribution in [3.05, 3.63) is 224 Å². The molecule has 0 fully saturated rings. The summed E-state index contributed by atoms with van der Waals surface area (Å²) in [6.45, 7) is 13.3. The minimum atomic E-state index is -3.41. The highest BCUT2D eigenvalue weighted by molar-refractivity contribution is 8.09. The van der Waals surface area contributed by atoms with E-state index in [1.54, 1.807) is 56.8 Å². The van der Waals surface area contributed by atoms with Gasteiger partial charge in [-0.05, 0) is 212 Å². The van der Waals surface area contributed by atoms with E-state index in [-0.39, 0.29) is 48.0 Å². The number of esters is 1. The van der Waals surface area contributed by atoms with Gasteiger partial charge < -0.3 is 47.3 Å². The minimum absolute atomic E-state index is 0.107. The molecule has 8 aromatic carbocycles. The van der Waals surface area contributed by atoms with Crippen LogP contribution in [0.2, 0.25) is 0 Å². The van der Waals surface area contributed by atoms with Crippen LogP contribution in [0.3, 0.4) is 0 Å². The van der Waals surface area contributed by atoms with Crippen molar-refractivity contribution in [2.24, 2.45) is 5.10 Å². The minimum Gasteiger partial charge on any atom is -0.497 e. The number of nitro groups is 1. The topological polar surface area (TPSA) is 156 Å². The molecule has 16 nitrogen and oxygen atoms in total. The molecule has 0 N–H and O–H groups in total. The second-order valence-electron chi connectivity index (χ2n) is 24.8. The number of unbranched alkanes of at least 4 members (excludes halogenated alkanes) is 4. The Kier molecular flexibility index (Phi) is 27.9. The fraction of sp³-hybridized carbons (Fsp3) is 0.349. The van der Waals surface area contributed by atoms with Gasteiger partial charge in [0, 0.05) is 90.9 Å². The number of hydrogen-bond donors (Lipinski definition) is 0. The van der Waals surface area contributed by atoms with Gasteiger partial charge >= 0.3 is 12.6 Å². The molecule has 0 saturated carbocycles. The first-order valence-corrected chi connectivity index (χ1v) is 37.7. The van der Waals surface area contributed by atoms with E-state index in [1.807, 2.05) is 36.4 Å². The Morgan fingerprint density at radius 3 is 1.50 bits per heavy atom. The summed E-state index contributed by atoms with van der Waals surface area (Å²) in [5.74, 6) is 16.9. The Bertz CT molecular complexity index is 4230. The molecule has 1 aliphatic rings. The zero-order valence-electron chi connectivity index (χ0n) is 59.8. The molecule has 1 unspecified atom stereocenters. The molecule has 18 heteroatoms. The number of carbonyl (C=O) groups excluding carboxylic acids is 1. The maximum Gasteiger partial charge on any atom is 0.410 e. The van der Waals surface area contributed by atoms with Gasteiger partial charge in [-0.1, -0.05) is 102 Å². The lowest BCUT2D eigenvalue weighted by molar-refractivity contribution is -0.385. The van der Waals surface area contributed by atoms with E-state index in [2.05, 4.69) is 158 Å². The highest BCUT2D eigenvalue weighted by atomic mass is 32.5. The zero-order valence-corrected chi connectivity index (χ0v) is 61.5. The number of hydrazone groups is 1. The van der Waals surface area contributed by atoms with E-state index in [0.717, 1.165) is 97.4 Å². The number of nitrogens with zero attached hydrogens (tertiary/aromatic N) is 5. The van der Waals surface area contributed by atoms with E-state index in [9.17, 15) is 14.9 Å². The van der Waals surface area contributed by atoms with Crippen LogP contribution >= 0.6 is 6.64 Å². The third kappa shape index (κ3) is 20.6. The summed E-state index contributed by atoms with van der Waals surface area (Å²) in [7, 11) is 4.75. The summed E-state index contributed by atoms with van der Waals surface area (Å²) >= 11 is 6.22. The second kappa shape index (κ2) is 37.5. The van der Waals surface area contributed by atoms with Gasteiger partial charge in [-0.15, -0.1) is 0 Å². The molecule has 9 rings (SSSR count). The molecular weight excluding hydrogens is 1310 g/mol. The lowest BCUT2D eigenvalue weighted by Crippen LogP contribution is -2.28. The van der Waals surface area contributed by atoms with Crippen LogP contribution in [0.5, 0.6) is 40.2 Å². The average Bonchev–Trinajstić information content (AvgIpc) is 1.57. The summed E-state index contributed by atoms with van der Waals surface area (Å²) in [4.78, 5) is 27.4. The van der Waals surface area contributed by atoms with Crippen LogP contribution in [0.25, 0.3) is 11.1 Å². The zero-order chi connectivity index (χ0) is 71.6. The molecule has 0 aromatic heterocycles. The Labute approximate surface area is 602 Å². The third-order valence-corrected chi connectivity index (χ3v) is 20.6. The largest absolute Gasteiger partial charge is 0.497 e. The summed E-state index contributed by atoms with van der Waals surface area (Å²) in [6, 6.07) is 55.6. The quantitative estimate of drug-likeness (QED) is 0.00689. The van der Waals surface area contributed by atoms with Crippen molar-refractivity contribution in [2.45, 2.75) is 124 Å². The molecule has 0 heterocycles. The van der Waals surface area contributed by atoms with Gasteiger partial charge in [-0.25, -0.2) is 4.78 Å². The molecular formula is C83H94N5O11PS. The van der Waals surface area contributed by atoms with Crippen molar-refractivity contribution in [1.29, 1.82) is 0 Å². The maximum atomic E-state index is 11.8. The first kappa shape index (κ1) is 75.3. The molecule has 0 saturated heterocycles. The first-order chi connectivity index (χ1) is 49.1. The number of fused-ring (bicyclic) bond motifs is 3. The monoisotopic (exact) mass is 1400 g/mol. The number of benzene rings is 8. The van der Waals surface area contributed by atoms with Crippen LogP contribution in [0.4, 0.5) is 17.1 Å². The number of carbonyl (C=O) groups is 1. The molecule has 0 radical (unpaired) electrons. The van der Waals surface area contributed by atoms with Crippen molar-refractivity contribution in [3.63, 3.8) is 0 Å². The van der Waals surface area contributed by atoms with Crippen molar-refractivity contribution in [2.75, 3.05) is 77.1 Å². The molecule has 101 heavy (non-hydrogen) atoms. The predicted molar refractivity (Wildman–Crippen MR) is 409 cm³/mol. The highest BCUT2D eigenvalue weighted by Crippen LogP contribution is 2.55. The standard InChI is InChI=1S/C83H94N5O11PS/c1-10-15-48-83(49-16-11-2)78-56-65(30-46-76(78)77-47-31-66(57-79(77)83)23-21-64-26-34-70(35-27-64)87(50-17-12-3)51-18-13-4)22-20-63-24-32-69(33-25-63)86(14-5)52-55-95-73-40-44-75(45-41-73)99-100(101,85(7)84-60-67-28-36-71(92-8)37-29-67)98-74-42-38-72(39-43-74)94-53-19-54-96-82-59-80(88(90)91)68(58-81(82)93-9)61-97-62(6)89/h24-47,56-60H,10-19,48-55,61H2,1-9H3/b84-60+. The average molecular weight is 1400 g/mol. The highest BCUT2D eigenvalue weighted by Gasteiger charge is 2.42. The normalized spacial score (nSPS) is 12.3. The second-order valence-corrected chi connectivity index (χ2v) is 28.1. The van der Waals surface area contributed by atoms with Gasteiger partial charge in [-0.3, -0.25) is 14.9 Å². The van der Waals surface area contributed by atoms with Crippen LogP contribution in [0.15, 0.2) is 175 Å². The van der Waals surface area contributed by atoms with Crippen molar-refractivity contribution >= 4 is 47.7 Å². The van der Waals surface area contributed by atoms with Gasteiger partial charge in [0.2, 0.25) is 0 Å². The van der Waals surface area contributed by atoms with Crippen LogP contribution in [-0.4, -0.2) is 89.2 Å². The molecule has 1 atom stereocenters. The maximum absolute atomic E-state index is 11.8. The van der Waals surface area contributed by atoms with Crippen LogP contribution in [0.1, 0.15) is 157 Å². The number of hydrogen-bond acceptors (Lipinski definition) is 15. The van der Waals surface area contributed by atoms with Crippen LogP contribution in [0, 0.1) is 33.8 Å². The van der Waals surface area contributed by atoms with E-state index in [0.29, 0.717) is 42.6 Å². The van der Waals surface area contributed by atoms with Crippen LogP contribution < -0.4 is 42.5 Å². The molecule has 528 valence electrons. The van der Waals surface area contributed by atoms with Gasteiger partial charge in [0.15, 0.2) is 11.5 Å². The summed E-state index contributed by atoms with van der Waals surface area (Å²) in [5, 5.41) is 16.5. The van der Waals surface area contributed by atoms with Gasteiger partial charge in [0.05, 0.1) is 56.7 Å². The Balaban J connectivity index is 0.810. The molecule has 8 aromatic rings. The first-order valence-electron chi connectivity index (χ1n) is 35.1. The molecule has 0 spiro atoms. The number of anilines is 2. The van der Waals surface area contributed by atoms with E-state index < -0.39 is 17.5 Å².